The maximum Gasteiger partial charge on any atom is 0.233 e. The molecule has 1 aromatic carbocycles. The maximum absolute atomic E-state index is 12.4. The number of nitrogens with one attached hydrogen (secondary N) is 1. The van der Waals surface area contributed by atoms with Gasteiger partial charge < -0.3 is 5.32 Å². The van der Waals surface area contributed by atoms with E-state index in [0.29, 0.717) is 18.5 Å². The third-order valence-corrected chi connectivity index (χ3v) is 5.04. The van der Waals surface area contributed by atoms with Crippen molar-refractivity contribution >= 4 is 34.3 Å². The summed E-state index contributed by atoms with van der Waals surface area (Å²) in [6, 6.07) is 9.50. The number of hydrogen-bond donors (Lipinski definition) is 1. The minimum Gasteiger partial charge on any atom is -0.325 e. The second-order valence-electron chi connectivity index (χ2n) is 6.70. The Balaban J connectivity index is 1.37. The standard InChI is InChI=1S/C20H19N3O3/c24-18(22-14-11-13-5-1-4-8-17(13)21-12-14)9-10-23-19(25)15-6-2-3-7-16(15)20(23)26/h1-5,8,11-12,15-16H,6-7,9-10H2,(H,22,24)/t15-,16-/m0/s1. The number of carbonyl (C=O) groups is 3. The topological polar surface area (TPSA) is 79.4 Å². The molecule has 2 heterocycles. The number of aromatic nitrogens is 1. The Labute approximate surface area is 150 Å². The molecule has 2 aliphatic rings. The van der Waals surface area contributed by atoms with Gasteiger partial charge in [-0.3, -0.25) is 24.3 Å². The summed E-state index contributed by atoms with van der Waals surface area (Å²) in [6.07, 6.45) is 6.82. The molecule has 1 N–H and O–H groups in total. The molecular formula is C20H19N3O3. The summed E-state index contributed by atoms with van der Waals surface area (Å²) in [4.78, 5) is 42.6. The van der Waals surface area contributed by atoms with Crippen LogP contribution in [0.3, 0.4) is 0 Å². The molecule has 0 spiro atoms. The van der Waals surface area contributed by atoms with Gasteiger partial charge in [-0.25, -0.2) is 0 Å². The Morgan fingerprint density at radius 2 is 1.81 bits per heavy atom. The van der Waals surface area contributed by atoms with Gasteiger partial charge in [0, 0.05) is 18.4 Å². The Bertz CT molecular complexity index is 895. The number of imide groups is 1. The number of rotatable bonds is 4. The molecule has 0 unspecified atom stereocenters. The summed E-state index contributed by atoms with van der Waals surface area (Å²) in [7, 11) is 0. The van der Waals surface area contributed by atoms with Crippen molar-refractivity contribution in [3.8, 4) is 0 Å². The van der Waals surface area contributed by atoms with Crippen LogP contribution in [0.5, 0.6) is 0 Å². The van der Waals surface area contributed by atoms with Gasteiger partial charge in [-0.05, 0) is 25.0 Å². The average Bonchev–Trinajstić information content (AvgIpc) is 2.91. The number of anilines is 1. The number of pyridine rings is 1. The Hall–Kier alpha value is -3.02. The van der Waals surface area contributed by atoms with Crippen LogP contribution in [0.15, 0.2) is 48.7 Å². The van der Waals surface area contributed by atoms with Crippen LogP contribution in [-0.4, -0.2) is 34.2 Å². The number of likely N-dealkylation sites (tertiary alicyclic amines) is 1. The number of carbonyl (C=O) groups excluding carboxylic acids is 3. The number of amides is 3. The van der Waals surface area contributed by atoms with Gasteiger partial charge in [0.05, 0.1) is 29.2 Å². The molecule has 0 bridgehead atoms. The summed E-state index contributed by atoms with van der Waals surface area (Å²) < 4.78 is 0. The van der Waals surface area contributed by atoms with Crippen molar-refractivity contribution in [2.45, 2.75) is 19.3 Å². The fourth-order valence-electron chi connectivity index (χ4n) is 3.67. The molecule has 1 aliphatic heterocycles. The molecule has 1 aromatic heterocycles. The third kappa shape index (κ3) is 2.98. The Kier molecular flexibility index (Phi) is 4.24. The van der Waals surface area contributed by atoms with Gasteiger partial charge in [0.1, 0.15) is 0 Å². The van der Waals surface area contributed by atoms with Crippen LogP contribution in [0.4, 0.5) is 5.69 Å². The van der Waals surface area contributed by atoms with Crippen LogP contribution in [0.1, 0.15) is 19.3 Å². The lowest BCUT2D eigenvalue weighted by Gasteiger charge is -2.14. The van der Waals surface area contributed by atoms with Crippen molar-refractivity contribution in [2.75, 3.05) is 11.9 Å². The lowest BCUT2D eigenvalue weighted by atomic mass is 9.85. The quantitative estimate of drug-likeness (QED) is 0.679. The predicted octanol–water partition coefficient (Wildman–Crippen LogP) is 2.51. The van der Waals surface area contributed by atoms with Crippen molar-refractivity contribution in [1.82, 2.24) is 9.88 Å². The molecule has 1 aliphatic carbocycles. The van der Waals surface area contributed by atoms with E-state index in [1.165, 1.54) is 4.90 Å². The Morgan fingerprint density at radius 3 is 2.54 bits per heavy atom. The van der Waals surface area contributed by atoms with E-state index in [9.17, 15) is 14.4 Å². The van der Waals surface area contributed by atoms with E-state index < -0.39 is 0 Å². The first-order valence-electron chi connectivity index (χ1n) is 8.78. The van der Waals surface area contributed by atoms with E-state index >= 15 is 0 Å². The predicted molar refractivity (Wildman–Crippen MR) is 97.1 cm³/mol. The number of allylic oxidation sites excluding steroid dienone is 2. The number of fused-ring (bicyclic) bond motifs is 2. The fourth-order valence-corrected chi connectivity index (χ4v) is 3.67. The number of hydrogen-bond acceptors (Lipinski definition) is 4. The maximum atomic E-state index is 12.4. The van der Waals surface area contributed by atoms with Crippen molar-refractivity contribution in [1.29, 1.82) is 0 Å². The molecule has 26 heavy (non-hydrogen) atoms. The zero-order chi connectivity index (χ0) is 18.1. The summed E-state index contributed by atoms with van der Waals surface area (Å²) in [5, 5.41) is 3.72. The van der Waals surface area contributed by atoms with Crippen LogP contribution in [-0.2, 0) is 14.4 Å². The molecule has 2 aromatic rings. The van der Waals surface area contributed by atoms with Gasteiger partial charge in [0.15, 0.2) is 0 Å². The molecule has 0 radical (unpaired) electrons. The fraction of sp³-hybridized carbons (Fsp3) is 0.300. The summed E-state index contributed by atoms with van der Waals surface area (Å²) in [6.45, 7) is 0.123. The first-order valence-corrected chi connectivity index (χ1v) is 8.78. The van der Waals surface area contributed by atoms with E-state index in [0.717, 1.165) is 10.9 Å². The van der Waals surface area contributed by atoms with Gasteiger partial charge in [-0.15, -0.1) is 0 Å². The summed E-state index contributed by atoms with van der Waals surface area (Å²) >= 11 is 0. The summed E-state index contributed by atoms with van der Waals surface area (Å²) in [5.41, 5.74) is 1.46. The molecule has 132 valence electrons. The SMILES string of the molecule is O=C(CCN1C(=O)[C@H]2CC=CC[C@@H]2C1=O)Nc1cnc2ccccc2c1. The van der Waals surface area contributed by atoms with Crippen molar-refractivity contribution in [3.63, 3.8) is 0 Å². The zero-order valence-electron chi connectivity index (χ0n) is 14.2. The first kappa shape index (κ1) is 16.4. The van der Waals surface area contributed by atoms with Crippen molar-refractivity contribution < 1.29 is 14.4 Å². The molecular weight excluding hydrogens is 330 g/mol. The van der Waals surface area contributed by atoms with Gasteiger partial charge >= 0.3 is 0 Å². The normalized spacial score (nSPS) is 21.9. The number of para-hydroxylation sites is 1. The van der Waals surface area contributed by atoms with Gasteiger partial charge in [0.25, 0.3) is 0 Å². The summed E-state index contributed by atoms with van der Waals surface area (Å²) in [5.74, 6) is -1.04. The molecule has 4 rings (SSSR count). The number of nitrogens with zero attached hydrogens (tertiary/aromatic N) is 2. The van der Waals surface area contributed by atoms with Crippen LogP contribution < -0.4 is 5.32 Å². The van der Waals surface area contributed by atoms with E-state index in [2.05, 4.69) is 10.3 Å². The van der Waals surface area contributed by atoms with E-state index in [1.54, 1.807) is 6.20 Å². The molecule has 2 atom stereocenters. The Morgan fingerprint density at radius 1 is 1.12 bits per heavy atom. The average molecular weight is 349 g/mol. The van der Waals surface area contributed by atoms with Crippen molar-refractivity contribution in [3.05, 3.63) is 48.7 Å². The highest BCUT2D eigenvalue weighted by Crippen LogP contribution is 2.35. The van der Waals surface area contributed by atoms with Crippen LogP contribution in [0.2, 0.25) is 0 Å². The molecule has 6 heteroatoms. The smallest absolute Gasteiger partial charge is 0.233 e. The van der Waals surface area contributed by atoms with Crippen LogP contribution in [0, 0.1) is 11.8 Å². The van der Waals surface area contributed by atoms with Crippen molar-refractivity contribution in [2.24, 2.45) is 11.8 Å². The highest BCUT2D eigenvalue weighted by Gasteiger charge is 2.46. The van der Waals surface area contributed by atoms with Gasteiger partial charge in [0.2, 0.25) is 17.7 Å². The molecule has 6 nitrogen and oxygen atoms in total. The molecule has 0 saturated carbocycles. The largest absolute Gasteiger partial charge is 0.325 e. The number of benzene rings is 1. The van der Waals surface area contributed by atoms with Crippen LogP contribution in [0.25, 0.3) is 10.9 Å². The second-order valence-corrected chi connectivity index (χ2v) is 6.70. The minimum atomic E-state index is -0.250. The highest BCUT2D eigenvalue weighted by molar-refractivity contribution is 6.06. The van der Waals surface area contributed by atoms with E-state index in [1.807, 2.05) is 42.5 Å². The first-order chi connectivity index (χ1) is 12.6. The van der Waals surface area contributed by atoms with Gasteiger partial charge in [-0.2, -0.15) is 0 Å². The lowest BCUT2D eigenvalue weighted by Crippen LogP contribution is -2.34. The second kappa shape index (κ2) is 6.71. The zero-order valence-corrected chi connectivity index (χ0v) is 14.2. The van der Waals surface area contributed by atoms with Gasteiger partial charge in [-0.1, -0.05) is 30.4 Å². The monoisotopic (exact) mass is 349 g/mol. The minimum absolute atomic E-state index is 0.0805. The van der Waals surface area contributed by atoms with E-state index in [-0.39, 0.29) is 42.5 Å². The van der Waals surface area contributed by atoms with Crippen LogP contribution >= 0.6 is 0 Å². The molecule has 1 saturated heterocycles. The molecule has 1 fully saturated rings. The van der Waals surface area contributed by atoms with E-state index in [4.69, 9.17) is 0 Å². The molecule has 3 amide bonds. The third-order valence-electron chi connectivity index (χ3n) is 5.04. The highest BCUT2D eigenvalue weighted by atomic mass is 16.2. The lowest BCUT2D eigenvalue weighted by molar-refractivity contribution is -0.140.